The minimum Gasteiger partial charge on any atom is -0.374 e. The van der Waals surface area contributed by atoms with Crippen LogP contribution in [0, 0.1) is 10.6 Å². The van der Waals surface area contributed by atoms with Crippen molar-refractivity contribution >= 4 is 23.6 Å². The highest BCUT2D eigenvalue weighted by molar-refractivity contribution is 7.71. The summed E-state index contributed by atoms with van der Waals surface area (Å²) in [4.78, 5) is 8.27. The molecule has 0 saturated heterocycles. The Bertz CT molecular complexity index is 951. The Hall–Kier alpha value is -2.74. The molecule has 3 aromatic rings. The summed E-state index contributed by atoms with van der Waals surface area (Å²) in [7, 11) is 5.96. The van der Waals surface area contributed by atoms with Crippen LogP contribution in [0.15, 0.2) is 48.8 Å². The molecule has 0 radical (unpaired) electrons. The van der Waals surface area contributed by atoms with Crippen molar-refractivity contribution < 1.29 is 4.39 Å². The molecule has 0 N–H and O–H groups in total. The first-order chi connectivity index (χ1) is 13.5. The van der Waals surface area contributed by atoms with Crippen LogP contribution in [-0.4, -0.2) is 40.0 Å². The van der Waals surface area contributed by atoms with E-state index in [1.54, 1.807) is 24.5 Å². The molecule has 6 nitrogen and oxygen atoms in total. The molecule has 8 heteroatoms. The van der Waals surface area contributed by atoms with Gasteiger partial charge in [0.25, 0.3) is 0 Å². The first-order valence-electron chi connectivity index (χ1n) is 9.16. The lowest BCUT2D eigenvalue weighted by Crippen LogP contribution is -2.20. The van der Waals surface area contributed by atoms with E-state index in [0.717, 1.165) is 36.7 Å². The smallest absolute Gasteiger partial charge is 0.197 e. The number of anilines is 2. The molecule has 0 aliphatic heterocycles. The highest BCUT2D eigenvalue weighted by Gasteiger charge is 2.11. The molecule has 2 heterocycles. The Labute approximate surface area is 169 Å². The number of aromatic nitrogens is 4. The molecule has 0 fully saturated rings. The van der Waals surface area contributed by atoms with E-state index in [1.807, 2.05) is 40.4 Å². The zero-order valence-electron chi connectivity index (χ0n) is 16.4. The van der Waals surface area contributed by atoms with Crippen molar-refractivity contribution in [2.24, 2.45) is 7.05 Å². The molecule has 3 rings (SSSR count). The van der Waals surface area contributed by atoms with Gasteiger partial charge in [-0.25, -0.2) is 9.07 Å². The summed E-state index contributed by atoms with van der Waals surface area (Å²) >= 11 is 5.55. The third-order valence-electron chi connectivity index (χ3n) is 4.74. The normalized spacial score (nSPS) is 10.9. The van der Waals surface area contributed by atoms with Crippen molar-refractivity contribution in [3.8, 4) is 0 Å². The van der Waals surface area contributed by atoms with Gasteiger partial charge in [-0.1, -0.05) is 0 Å². The number of benzene rings is 1. The van der Waals surface area contributed by atoms with Crippen LogP contribution < -0.4 is 9.80 Å². The van der Waals surface area contributed by atoms with E-state index in [0.29, 0.717) is 11.3 Å². The minimum absolute atomic E-state index is 0.239. The Morgan fingerprint density at radius 1 is 1.00 bits per heavy atom. The predicted molar refractivity (Wildman–Crippen MR) is 113 cm³/mol. The van der Waals surface area contributed by atoms with Gasteiger partial charge in [-0.3, -0.25) is 4.98 Å². The van der Waals surface area contributed by atoms with E-state index >= 15 is 0 Å². The molecular formula is C20H25FN6S. The van der Waals surface area contributed by atoms with E-state index in [1.165, 1.54) is 12.1 Å². The molecule has 0 saturated carbocycles. The van der Waals surface area contributed by atoms with Crippen LogP contribution in [0.25, 0.3) is 0 Å². The van der Waals surface area contributed by atoms with Crippen LogP contribution in [0.1, 0.15) is 12.2 Å². The number of nitrogens with zero attached hydrogens (tertiary/aromatic N) is 6. The highest BCUT2D eigenvalue weighted by atomic mass is 32.1. The summed E-state index contributed by atoms with van der Waals surface area (Å²) in [6, 6.07) is 10.4. The van der Waals surface area contributed by atoms with Gasteiger partial charge in [-0.2, -0.15) is 5.10 Å². The molecule has 2 aromatic heterocycles. The third-order valence-corrected chi connectivity index (χ3v) is 5.23. The van der Waals surface area contributed by atoms with Crippen LogP contribution in [0.4, 0.5) is 15.8 Å². The van der Waals surface area contributed by atoms with E-state index in [2.05, 4.69) is 16.9 Å². The molecule has 0 aliphatic carbocycles. The van der Waals surface area contributed by atoms with Gasteiger partial charge in [-0.05, 0) is 55.0 Å². The fourth-order valence-corrected chi connectivity index (χ4v) is 3.24. The summed E-state index contributed by atoms with van der Waals surface area (Å²) in [5.74, 6) is 0.635. The SMILES string of the molecule is CN(CCCn1nc(CN(C)c2ccc(F)cc2)n(C)c1=S)c1ccncc1. The average molecular weight is 401 g/mol. The van der Waals surface area contributed by atoms with Crippen molar-refractivity contribution in [3.05, 3.63) is 65.2 Å². The Kier molecular flexibility index (Phi) is 6.41. The van der Waals surface area contributed by atoms with Gasteiger partial charge in [0.1, 0.15) is 5.82 Å². The van der Waals surface area contributed by atoms with Crippen LogP contribution in [0.2, 0.25) is 0 Å². The van der Waals surface area contributed by atoms with E-state index in [-0.39, 0.29) is 5.82 Å². The second-order valence-electron chi connectivity index (χ2n) is 6.79. The second kappa shape index (κ2) is 8.97. The van der Waals surface area contributed by atoms with Gasteiger partial charge in [0, 0.05) is 58.0 Å². The number of halogens is 1. The fraction of sp³-hybridized carbons (Fsp3) is 0.350. The second-order valence-corrected chi connectivity index (χ2v) is 7.16. The maximum atomic E-state index is 13.1. The molecule has 0 aliphatic rings. The predicted octanol–water partition coefficient (Wildman–Crippen LogP) is 3.65. The van der Waals surface area contributed by atoms with Gasteiger partial charge >= 0.3 is 0 Å². The maximum Gasteiger partial charge on any atom is 0.197 e. The Balaban J connectivity index is 1.61. The first-order valence-corrected chi connectivity index (χ1v) is 9.57. The van der Waals surface area contributed by atoms with E-state index in [9.17, 15) is 4.39 Å². The molecule has 0 bridgehead atoms. The van der Waals surface area contributed by atoms with Crippen LogP contribution in [0.3, 0.4) is 0 Å². The largest absolute Gasteiger partial charge is 0.374 e. The van der Waals surface area contributed by atoms with Crippen molar-refractivity contribution in [2.75, 3.05) is 30.4 Å². The van der Waals surface area contributed by atoms with Crippen LogP contribution >= 0.6 is 12.2 Å². The number of hydrogen-bond acceptors (Lipinski definition) is 5. The molecule has 0 amide bonds. The van der Waals surface area contributed by atoms with Crippen LogP contribution in [-0.2, 0) is 20.1 Å². The van der Waals surface area contributed by atoms with Crippen LogP contribution in [0.5, 0.6) is 0 Å². The van der Waals surface area contributed by atoms with Gasteiger partial charge in [-0.15, -0.1) is 0 Å². The van der Waals surface area contributed by atoms with Gasteiger partial charge < -0.3 is 14.4 Å². The highest BCUT2D eigenvalue weighted by Crippen LogP contribution is 2.16. The maximum absolute atomic E-state index is 13.1. The third kappa shape index (κ3) is 4.75. The average Bonchev–Trinajstić information content (AvgIpc) is 2.97. The van der Waals surface area contributed by atoms with Crippen molar-refractivity contribution in [2.45, 2.75) is 19.5 Å². The summed E-state index contributed by atoms with van der Waals surface area (Å²) in [5, 5.41) is 4.69. The standard InChI is InChI=1S/C20H25FN6S/c1-24(18-9-11-22-12-10-18)13-4-14-27-20(28)26(3)19(23-27)15-25(2)17-7-5-16(21)6-8-17/h5-12H,4,13-15H2,1-3H3. The zero-order valence-corrected chi connectivity index (χ0v) is 17.2. The molecule has 0 spiro atoms. The fourth-order valence-electron chi connectivity index (χ4n) is 3.00. The summed E-state index contributed by atoms with van der Waals surface area (Å²) in [6.07, 6.45) is 4.52. The van der Waals surface area contributed by atoms with Gasteiger partial charge in [0.2, 0.25) is 0 Å². The molecule has 0 unspecified atom stereocenters. The Morgan fingerprint density at radius 3 is 2.32 bits per heavy atom. The summed E-state index contributed by atoms with van der Waals surface area (Å²) in [6.45, 7) is 2.24. The zero-order chi connectivity index (χ0) is 20.1. The van der Waals surface area contributed by atoms with Gasteiger partial charge in [0.15, 0.2) is 10.6 Å². The minimum atomic E-state index is -0.239. The lowest BCUT2D eigenvalue weighted by Gasteiger charge is -2.18. The molecule has 28 heavy (non-hydrogen) atoms. The van der Waals surface area contributed by atoms with Crippen molar-refractivity contribution in [1.82, 2.24) is 19.3 Å². The first kappa shape index (κ1) is 20.0. The van der Waals surface area contributed by atoms with E-state index in [4.69, 9.17) is 17.3 Å². The quantitative estimate of drug-likeness (QED) is 0.540. The monoisotopic (exact) mass is 400 g/mol. The lowest BCUT2D eigenvalue weighted by molar-refractivity contribution is 0.563. The summed E-state index contributed by atoms with van der Waals surface area (Å²) in [5.41, 5.74) is 2.07. The van der Waals surface area contributed by atoms with E-state index < -0.39 is 0 Å². The Morgan fingerprint density at radius 2 is 1.64 bits per heavy atom. The molecule has 148 valence electrons. The molecular weight excluding hydrogens is 375 g/mol. The number of rotatable bonds is 8. The molecule has 0 atom stereocenters. The van der Waals surface area contributed by atoms with Crippen molar-refractivity contribution in [1.29, 1.82) is 0 Å². The number of pyridine rings is 1. The number of hydrogen-bond donors (Lipinski definition) is 0. The lowest BCUT2D eigenvalue weighted by atomic mass is 10.3. The topological polar surface area (TPSA) is 42.1 Å². The van der Waals surface area contributed by atoms with Crippen molar-refractivity contribution in [3.63, 3.8) is 0 Å². The number of aryl methyl sites for hydroxylation is 1. The molecule has 1 aromatic carbocycles. The summed E-state index contributed by atoms with van der Waals surface area (Å²) < 4.78 is 17.6. The van der Waals surface area contributed by atoms with Gasteiger partial charge in [0.05, 0.1) is 6.54 Å².